The third kappa shape index (κ3) is 9.06. The van der Waals surface area contributed by atoms with Crippen LogP contribution in [-0.2, 0) is 0 Å². The number of fused-ring (bicyclic) bond motifs is 16. The van der Waals surface area contributed by atoms with Gasteiger partial charge >= 0.3 is 0 Å². The van der Waals surface area contributed by atoms with Crippen LogP contribution in [0.4, 0.5) is 34.1 Å². The van der Waals surface area contributed by atoms with Crippen molar-refractivity contribution in [1.29, 1.82) is 0 Å². The van der Waals surface area contributed by atoms with Crippen molar-refractivity contribution >= 4 is 145 Å². The Morgan fingerprint density at radius 1 is 0.245 bits per heavy atom. The molecule has 6 heterocycles. The number of para-hydroxylation sites is 6. The highest BCUT2D eigenvalue weighted by Gasteiger charge is 2.29. The molecular weight excluding hydrogens is 1230 g/mol. The fourth-order valence-electron chi connectivity index (χ4n) is 15.1. The molecule has 2 aliphatic rings. The van der Waals surface area contributed by atoms with Crippen LogP contribution in [0.15, 0.2) is 368 Å². The second-order valence-corrected chi connectivity index (χ2v) is 27.2. The number of aromatic nitrogens is 2. The van der Waals surface area contributed by atoms with Crippen LogP contribution in [0.1, 0.15) is 0 Å². The zero-order valence-electron chi connectivity index (χ0n) is 52.8. The summed E-state index contributed by atoms with van der Waals surface area (Å²) in [6.07, 6.45) is 0. The number of rotatable bonds is 9. The first-order valence-corrected chi connectivity index (χ1v) is 34.7. The van der Waals surface area contributed by atoms with Gasteiger partial charge in [0.15, 0.2) is 0 Å². The molecule has 0 radical (unpaired) electrons. The summed E-state index contributed by atoms with van der Waals surface area (Å²) in [4.78, 5) is 9.77. The molecule has 0 bridgehead atoms. The molecule has 21 rings (SSSR count). The molecule has 0 fully saturated rings. The van der Waals surface area contributed by atoms with Crippen LogP contribution in [0.5, 0.6) is 0 Å². The number of hydrogen-bond acceptors (Lipinski definition) is 6. The van der Waals surface area contributed by atoms with Gasteiger partial charge in [-0.05, 0) is 149 Å². The molecule has 15 aromatic carbocycles. The molecule has 0 atom stereocenters. The first-order chi connectivity index (χ1) is 48.6. The Kier molecular flexibility index (Phi) is 13.0. The van der Waals surface area contributed by atoms with E-state index in [1.807, 2.05) is 47.8 Å². The maximum Gasteiger partial charge on any atom is 0.137 e. The summed E-state index contributed by atoms with van der Waals surface area (Å²) in [6, 6.07) is 122. The lowest BCUT2D eigenvalue weighted by atomic mass is 10.0. The van der Waals surface area contributed by atoms with Gasteiger partial charge in [0, 0.05) is 98.3 Å². The van der Waals surface area contributed by atoms with Gasteiger partial charge in [0.2, 0.25) is 0 Å². The number of benzene rings is 15. The van der Waals surface area contributed by atoms with Crippen molar-refractivity contribution in [2.75, 3.05) is 9.80 Å². The molecule has 19 aromatic rings. The fourth-order valence-corrected chi connectivity index (χ4v) is 17.5. The quantitative estimate of drug-likeness (QED) is 0.143. The molecule has 0 aliphatic carbocycles. The first kappa shape index (κ1) is 56.2. The van der Waals surface area contributed by atoms with E-state index in [0.717, 1.165) is 78.0 Å². The zero-order chi connectivity index (χ0) is 64.4. The van der Waals surface area contributed by atoms with E-state index in [2.05, 4.69) is 334 Å². The maximum absolute atomic E-state index is 6.37. The van der Waals surface area contributed by atoms with Crippen molar-refractivity contribution in [3.8, 4) is 44.8 Å². The highest BCUT2D eigenvalue weighted by molar-refractivity contribution is 8.00. The average Bonchev–Trinajstić information content (AvgIpc) is 1.55. The van der Waals surface area contributed by atoms with Crippen LogP contribution in [0.25, 0.3) is 132 Å². The summed E-state index contributed by atoms with van der Waals surface area (Å²) in [5, 5.41) is 9.63. The molecule has 0 spiro atoms. The number of nitrogens with zero attached hydrogens (tertiary/aromatic N) is 4. The molecule has 0 unspecified atom stereocenters. The van der Waals surface area contributed by atoms with Crippen LogP contribution in [0.2, 0.25) is 0 Å². The van der Waals surface area contributed by atoms with Gasteiger partial charge in [-0.25, -0.2) is 0 Å². The van der Waals surface area contributed by atoms with E-state index in [-0.39, 0.29) is 0 Å². The minimum Gasteiger partial charge on any atom is -0.456 e. The van der Waals surface area contributed by atoms with Gasteiger partial charge in [-0.2, -0.15) is 0 Å². The summed E-state index contributed by atoms with van der Waals surface area (Å²) >= 11 is 3.74. The number of hydrogen-bond donors (Lipinski definition) is 0. The molecule has 4 aromatic heterocycles. The van der Waals surface area contributed by atoms with Gasteiger partial charge in [0.1, 0.15) is 22.3 Å². The van der Waals surface area contributed by atoms with Crippen molar-refractivity contribution < 1.29 is 8.83 Å². The topological polar surface area (TPSA) is 42.6 Å². The third-order valence-corrected chi connectivity index (χ3v) is 21.9. The molecule has 0 N–H and O–H groups in total. The highest BCUT2D eigenvalue weighted by atomic mass is 32.2. The molecule has 0 saturated carbocycles. The Hall–Kier alpha value is -12.2. The average molecular weight is 1290 g/mol. The lowest BCUT2D eigenvalue weighted by Crippen LogP contribution is -2.13. The van der Waals surface area contributed by atoms with Crippen molar-refractivity contribution in [2.24, 2.45) is 0 Å². The Balaban J connectivity index is 0.000000135. The van der Waals surface area contributed by atoms with Crippen LogP contribution in [-0.4, -0.2) is 9.13 Å². The van der Waals surface area contributed by atoms with Gasteiger partial charge in [-0.1, -0.05) is 236 Å². The Morgan fingerprint density at radius 2 is 0.622 bits per heavy atom. The predicted molar refractivity (Wildman–Crippen MR) is 410 cm³/mol. The summed E-state index contributed by atoms with van der Waals surface area (Å²) in [6.45, 7) is 0. The van der Waals surface area contributed by atoms with Crippen LogP contribution >= 0.6 is 23.5 Å². The van der Waals surface area contributed by atoms with E-state index in [0.29, 0.717) is 0 Å². The Labute approximate surface area is 573 Å². The van der Waals surface area contributed by atoms with E-state index in [1.165, 1.54) is 108 Å². The van der Waals surface area contributed by atoms with E-state index in [1.54, 1.807) is 0 Å². The molecule has 98 heavy (non-hydrogen) atoms. The van der Waals surface area contributed by atoms with Crippen molar-refractivity contribution in [3.63, 3.8) is 0 Å². The highest BCUT2D eigenvalue weighted by Crippen LogP contribution is 2.54. The normalized spacial score (nSPS) is 12.2. The predicted octanol–water partition coefficient (Wildman–Crippen LogP) is 26.2. The van der Waals surface area contributed by atoms with E-state index in [4.69, 9.17) is 8.83 Å². The minimum atomic E-state index is 0.856. The van der Waals surface area contributed by atoms with Gasteiger partial charge in [0.25, 0.3) is 0 Å². The summed E-state index contributed by atoms with van der Waals surface area (Å²) < 4.78 is 17.7. The largest absolute Gasteiger partial charge is 0.456 e. The maximum atomic E-state index is 6.37. The lowest BCUT2D eigenvalue weighted by Gasteiger charge is -2.30. The molecule has 0 amide bonds. The second-order valence-electron chi connectivity index (χ2n) is 25.1. The van der Waals surface area contributed by atoms with E-state index in [9.17, 15) is 0 Å². The molecule has 460 valence electrons. The number of anilines is 6. The lowest BCUT2D eigenvalue weighted by molar-refractivity contribution is 0.669. The standard InChI is InChI=1S/C48H28N2O2S.C42H28N2S/c1-4-14-40-34(9-1)39-13-8-18-46-47(39)50(40)41-15-7-12-33(48(41)53-46)29-19-21-30(22-20-29)49(31-23-25-37-35-10-2-5-16-42(35)51-44(37)27-31)32-24-26-38-36-11-3-6-17-43(36)52-45(38)28-32;1-3-11-29(12-4-1)31-21-25-33(26-22-31)43(34-27-23-32(24-28-34)30-13-5-2-6-14-30)38-18-10-19-39-42(38)45-40-20-9-16-36-35-15-7-8-17-37(35)44(39)41(36)40/h1-28H;1-28H. The Morgan fingerprint density at radius 3 is 1.14 bits per heavy atom. The Bertz CT molecular complexity index is 6170. The van der Waals surface area contributed by atoms with Gasteiger partial charge in [-0.15, -0.1) is 0 Å². The molecule has 0 saturated heterocycles. The van der Waals surface area contributed by atoms with Gasteiger partial charge in [0.05, 0.1) is 44.0 Å². The van der Waals surface area contributed by atoms with Crippen molar-refractivity contribution in [2.45, 2.75) is 19.6 Å². The third-order valence-electron chi connectivity index (χ3n) is 19.6. The van der Waals surface area contributed by atoms with Crippen LogP contribution in [0, 0.1) is 0 Å². The first-order valence-electron chi connectivity index (χ1n) is 33.1. The second kappa shape index (κ2) is 22.7. The van der Waals surface area contributed by atoms with E-state index < -0.39 is 0 Å². The monoisotopic (exact) mass is 1290 g/mol. The zero-order valence-corrected chi connectivity index (χ0v) is 54.4. The smallest absolute Gasteiger partial charge is 0.137 e. The minimum absolute atomic E-state index is 0.856. The fraction of sp³-hybridized carbons (Fsp3) is 0. The molecule has 6 nitrogen and oxygen atoms in total. The van der Waals surface area contributed by atoms with Crippen LogP contribution < -0.4 is 9.80 Å². The van der Waals surface area contributed by atoms with Gasteiger partial charge < -0.3 is 27.8 Å². The molecule has 8 heteroatoms. The SMILES string of the molecule is c1cc(-c2ccc(N(c3ccc4c(c3)oc3ccccc34)c3ccc4c(c3)oc3ccccc34)cc2)c2c(c1)-n1c3ccccc3c3cccc(c31)S2.c1ccc(-c2ccc(N(c3ccc(-c4ccccc4)cc3)c3cccc4c3Sc3cccc5c6ccccc6n-4c35)cc2)cc1. The van der Waals surface area contributed by atoms with Gasteiger partial charge in [-0.3, -0.25) is 0 Å². The number of furan rings is 2. The summed E-state index contributed by atoms with van der Waals surface area (Å²) in [7, 11) is 0. The van der Waals surface area contributed by atoms with E-state index >= 15 is 0 Å². The van der Waals surface area contributed by atoms with Crippen molar-refractivity contribution in [3.05, 3.63) is 340 Å². The van der Waals surface area contributed by atoms with Crippen LogP contribution in [0.3, 0.4) is 0 Å². The summed E-state index contributed by atoms with van der Waals surface area (Å²) in [5.74, 6) is 0. The molecule has 2 aliphatic heterocycles. The van der Waals surface area contributed by atoms with Crippen molar-refractivity contribution in [1.82, 2.24) is 9.13 Å². The molecular formula is C90H56N4O2S2. The summed E-state index contributed by atoms with van der Waals surface area (Å²) in [5.41, 5.74) is 24.7.